The predicted molar refractivity (Wildman–Crippen MR) is 107 cm³/mol. The second-order valence-corrected chi connectivity index (χ2v) is 7.42. The lowest BCUT2D eigenvalue weighted by atomic mass is 9.72. The number of H-pyrrole nitrogens is 1. The number of rotatable bonds is 5. The third-order valence-electron chi connectivity index (χ3n) is 5.88. The topological polar surface area (TPSA) is 102 Å². The molecule has 5 rings (SSSR count). The maximum absolute atomic E-state index is 5.13. The molecule has 0 aliphatic heterocycles. The fourth-order valence-electron chi connectivity index (χ4n) is 4.14. The number of oxime groups is 1. The minimum Gasteiger partial charge on any atom is -0.399 e. The number of allylic oxidation sites excluding steroid dienone is 1. The third-order valence-corrected chi connectivity index (χ3v) is 5.88. The molecule has 3 aromatic heterocycles. The van der Waals surface area contributed by atoms with E-state index >= 15 is 0 Å². The van der Waals surface area contributed by atoms with Crippen molar-refractivity contribution < 1.29 is 4.84 Å². The van der Waals surface area contributed by atoms with Crippen molar-refractivity contribution in [2.45, 2.75) is 31.1 Å². The van der Waals surface area contributed by atoms with Crippen LogP contribution < -0.4 is 0 Å². The molecular formula is C21H21N7O. The van der Waals surface area contributed by atoms with Gasteiger partial charge < -0.3 is 4.84 Å². The van der Waals surface area contributed by atoms with Gasteiger partial charge >= 0.3 is 0 Å². The first-order valence-corrected chi connectivity index (χ1v) is 9.73. The van der Waals surface area contributed by atoms with Crippen molar-refractivity contribution >= 4 is 11.8 Å². The molecule has 1 N–H and O–H groups in total. The highest BCUT2D eigenvalue weighted by Gasteiger charge is 2.40. The number of fused-ring (bicyclic) bond motifs is 1. The molecule has 0 bridgehead atoms. The molecule has 2 aliphatic rings. The van der Waals surface area contributed by atoms with E-state index in [0.29, 0.717) is 12.3 Å². The fraction of sp³-hybridized carbons (Fsp3) is 0.333. The highest BCUT2D eigenvalue weighted by Crippen LogP contribution is 2.41. The molecule has 0 aromatic carbocycles. The predicted octanol–water partition coefficient (Wildman–Crippen LogP) is 2.70. The van der Waals surface area contributed by atoms with Crippen LogP contribution in [0.15, 0.2) is 48.4 Å². The van der Waals surface area contributed by atoms with Crippen LogP contribution >= 0.6 is 0 Å². The minimum absolute atomic E-state index is 0.408. The quantitative estimate of drug-likeness (QED) is 0.533. The molecule has 8 nitrogen and oxygen atoms in total. The van der Waals surface area contributed by atoms with E-state index in [1.807, 2.05) is 12.1 Å². The Hall–Kier alpha value is -3.42. The minimum atomic E-state index is -0.516. The van der Waals surface area contributed by atoms with Gasteiger partial charge in [-0.1, -0.05) is 23.7 Å². The Morgan fingerprint density at radius 2 is 1.86 bits per heavy atom. The molecule has 3 heterocycles. The molecule has 146 valence electrons. The van der Waals surface area contributed by atoms with Gasteiger partial charge in [0.05, 0.1) is 16.8 Å². The van der Waals surface area contributed by atoms with Crippen LogP contribution in [0.4, 0.5) is 0 Å². The number of nitrogens with one attached hydrogen (secondary N) is 1. The molecule has 0 atom stereocenters. The van der Waals surface area contributed by atoms with E-state index in [4.69, 9.17) is 4.84 Å². The number of aromatic nitrogens is 6. The Morgan fingerprint density at radius 3 is 2.41 bits per heavy atom. The molecule has 0 amide bonds. The van der Waals surface area contributed by atoms with Crippen molar-refractivity contribution in [1.29, 1.82) is 0 Å². The van der Waals surface area contributed by atoms with E-state index in [-0.39, 0.29) is 0 Å². The van der Waals surface area contributed by atoms with Crippen LogP contribution in [0.2, 0.25) is 0 Å². The summed E-state index contributed by atoms with van der Waals surface area (Å²) in [5.74, 6) is 0.408. The van der Waals surface area contributed by atoms with Crippen molar-refractivity contribution in [2.24, 2.45) is 11.1 Å². The summed E-state index contributed by atoms with van der Waals surface area (Å²) in [5.41, 5.74) is 5.15. The molecule has 1 saturated carbocycles. The summed E-state index contributed by atoms with van der Waals surface area (Å²) in [5, 5.41) is 12.2. The number of hydrogen-bond acceptors (Lipinski definition) is 7. The highest BCUT2D eigenvalue weighted by molar-refractivity contribution is 6.04. The summed E-state index contributed by atoms with van der Waals surface area (Å²) >= 11 is 0. The summed E-state index contributed by atoms with van der Waals surface area (Å²) in [6.45, 7) is 0. The van der Waals surface area contributed by atoms with Crippen molar-refractivity contribution in [3.63, 3.8) is 0 Å². The lowest BCUT2D eigenvalue weighted by Crippen LogP contribution is -2.33. The molecule has 0 spiro atoms. The lowest BCUT2D eigenvalue weighted by molar-refractivity contribution is 0.208. The third kappa shape index (κ3) is 2.91. The van der Waals surface area contributed by atoms with Gasteiger partial charge in [0.2, 0.25) is 0 Å². The van der Waals surface area contributed by atoms with Crippen LogP contribution in [0.3, 0.4) is 0 Å². The van der Waals surface area contributed by atoms with Gasteiger partial charge in [-0.3, -0.25) is 5.10 Å². The molecule has 2 aliphatic carbocycles. The first kappa shape index (κ1) is 17.7. The van der Waals surface area contributed by atoms with E-state index in [1.165, 1.54) is 6.42 Å². The van der Waals surface area contributed by atoms with E-state index in [0.717, 1.165) is 46.9 Å². The number of nitrogens with zero attached hydrogens (tertiary/aromatic N) is 6. The van der Waals surface area contributed by atoms with E-state index in [1.54, 1.807) is 32.2 Å². The summed E-state index contributed by atoms with van der Waals surface area (Å²) in [6.07, 6.45) is 15.0. The van der Waals surface area contributed by atoms with Gasteiger partial charge in [-0.2, -0.15) is 5.10 Å². The zero-order valence-corrected chi connectivity index (χ0v) is 16.1. The first-order valence-electron chi connectivity index (χ1n) is 9.73. The van der Waals surface area contributed by atoms with Crippen LogP contribution in [0.5, 0.6) is 0 Å². The molecule has 1 fully saturated rings. The smallest absolute Gasteiger partial charge is 0.117 e. The number of aromatic amines is 1. The Labute approximate surface area is 168 Å². The Balaban J connectivity index is 1.60. The second kappa shape index (κ2) is 7.20. The van der Waals surface area contributed by atoms with Crippen molar-refractivity contribution in [3.05, 3.63) is 71.6 Å². The van der Waals surface area contributed by atoms with Crippen molar-refractivity contribution in [3.8, 4) is 0 Å². The van der Waals surface area contributed by atoms with Gasteiger partial charge in [-0.05, 0) is 25.0 Å². The Kier molecular flexibility index (Phi) is 4.38. The SMILES string of the molecule is CON=C(c1n[nH]c2c1C=CC(c1ccncn1)(c1ccncn1)C2)C1CCC1. The van der Waals surface area contributed by atoms with Crippen LogP contribution in [0.1, 0.15) is 47.6 Å². The normalized spacial score (nSPS) is 18.2. The van der Waals surface area contributed by atoms with Gasteiger partial charge in [-0.15, -0.1) is 0 Å². The molecule has 3 aromatic rings. The van der Waals surface area contributed by atoms with Crippen LogP contribution in [-0.4, -0.2) is 43.0 Å². The first-order chi connectivity index (χ1) is 14.3. The maximum Gasteiger partial charge on any atom is 0.117 e. The summed E-state index contributed by atoms with van der Waals surface area (Å²) in [7, 11) is 1.59. The average molecular weight is 387 g/mol. The fourth-order valence-corrected chi connectivity index (χ4v) is 4.14. The lowest BCUT2D eigenvalue weighted by Gasteiger charge is -2.32. The zero-order chi connectivity index (χ0) is 19.7. The number of hydrogen-bond donors (Lipinski definition) is 1. The molecule has 0 unspecified atom stereocenters. The maximum atomic E-state index is 5.13. The summed E-state index contributed by atoms with van der Waals surface area (Å²) in [4.78, 5) is 22.4. The molecule has 0 radical (unpaired) electrons. The largest absolute Gasteiger partial charge is 0.399 e. The van der Waals surface area contributed by atoms with Gasteiger partial charge in [0.15, 0.2) is 0 Å². The van der Waals surface area contributed by atoms with Crippen LogP contribution in [0.25, 0.3) is 6.08 Å². The summed E-state index contributed by atoms with van der Waals surface area (Å²) in [6, 6.07) is 3.86. The van der Waals surface area contributed by atoms with Gasteiger partial charge in [-0.25, -0.2) is 19.9 Å². The second-order valence-electron chi connectivity index (χ2n) is 7.42. The Morgan fingerprint density at radius 1 is 1.14 bits per heavy atom. The van der Waals surface area contributed by atoms with Gasteiger partial charge in [0.25, 0.3) is 0 Å². The molecular weight excluding hydrogens is 366 g/mol. The van der Waals surface area contributed by atoms with Crippen LogP contribution in [-0.2, 0) is 16.7 Å². The Bertz CT molecular complexity index is 1020. The van der Waals surface area contributed by atoms with E-state index in [9.17, 15) is 0 Å². The average Bonchev–Trinajstić information content (AvgIpc) is 3.16. The highest BCUT2D eigenvalue weighted by atomic mass is 16.6. The molecule has 29 heavy (non-hydrogen) atoms. The standard InChI is InChI=1S/C21H21N7O/c1-29-28-19(14-3-2-4-14)20-15-5-8-21(11-16(15)26-27-20,17-6-9-22-12-24-17)18-7-10-23-13-25-18/h5-10,12-14H,2-4,11H2,1H3,(H,26,27). The molecule has 8 heteroatoms. The van der Waals surface area contributed by atoms with Crippen LogP contribution in [0, 0.1) is 5.92 Å². The monoisotopic (exact) mass is 387 g/mol. The van der Waals surface area contributed by atoms with E-state index in [2.05, 4.69) is 47.4 Å². The van der Waals surface area contributed by atoms with Crippen molar-refractivity contribution in [2.75, 3.05) is 7.11 Å². The zero-order valence-electron chi connectivity index (χ0n) is 16.1. The van der Waals surface area contributed by atoms with Gasteiger partial charge in [0.1, 0.15) is 31.2 Å². The molecule has 0 saturated heterocycles. The van der Waals surface area contributed by atoms with Gasteiger partial charge in [0, 0.05) is 36.0 Å². The van der Waals surface area contributed by atoms with E-state index < -0.39 is 5.41 Å². The van der Waals surface area contributed by atoms with Crippen molar-refractivity contribution in [1.82, 2.24) is 30.1 Å². The summed E-state index contributed by atoms with van der Waals surface area (Å²) < 4.78 is 0.